The van der Waals surface area contributed by atoms with Gasteiger partial charge in [-0.05, 0) is 41.1 Å². The summed E-state index contributed by atoms with van der Waals surface area (Å²) in [5.74, 6) is -1.94. The van der Waals surface area contributed by atoms with Crippen LogP contribution in [0.15, 0.2) is 39.8 Å². The molecule has 0 atom stereocenters. The Morgan fingerprint density at radius 1 is 1.32 bits per heavy atom. The number of hydrogen-bond donors (Lipinski definition) is 1. The number of rotatable bonds is 5. The Hall–Kier alpha value is -1.74. The molecule has 0 spiro atoms. The van der Waals surface area contributed by atoms with E-state index in [0.29, 0.717) is 10.5 Å². The van der Waals surface area contributed by atoms with Crippen LogP contribution in [0.25, 0.3) is 0 Å². The Morgan fingerprint density at radius 3 is 2.68 bits per heavy atom. The zero-order valence-electron chi connectivity index (χ0n) is 11.3. The number of halogens is 3. The van der Waals surface area contributed by atoms with E-state index in [-0.39, 0.29) is 23.1 Å². The minimum absolute atomic E-state index is 0.110. The summed E-state index contributed by atoms with van der Waals surface area (Å²) in [6.45, 7) is 1.88. The molecule has 9 heteroatoms. The lowest BCUT2D eigenvalue weighted by atomic mass is 10.3. The summed E-state index contributed by atoms with van der Waals surface area (Å²) in [7, 11) is -4.15. The fraction of sp³-hybridized carbons (Fsp3) is 0.154. The molecule has 2 aromatic rings. The van der Waals surface area contributed by atoms with Gasteiger partial charge in [0.05, 0.1) is 12.3 Å². The minimum Gasteiger partial charge on any atom is -0.477 e. The molecule has 0 radical (unpaired) electrons. The standard InChI is InChI=1S/C13H11BrF2N2O3S/c1-2-21-13-12(5-8(14)7-17-13)22(19,20)18-11-4-3-9(15)6-10(11)16/h3-7,18H,2H2,1H3. The molecule has 1 heterocycles. The summed E-state index contributed by atoms with van der Waals surface area (Å²) >= 11 is 3.12. The molecule has 0 saturated carbocycles. The third kappa shape index (κ3) is 3.72. The van der Waals surface area contributed by atoms with Crippen LogP contribution in [0.2, 0.25) is 0 Å². The summed E-state index contributed by atoms with van der Waals surface area (Å²) in [6.07, 6.45) is 1.38. The average molecular weight is 393 g/mol. The van der Waals surface area contributed by atoms with Crippen molar-refractivity contribution in [1.29, 1.82) is 0 Å². The van der Waals surface area contributed by atoms with Crippen molar-refractivity contribution in [3.8, 4) is 5.88 Å². The Bertz CT molecular complexity index is 800. The highest BCUT2D eigenvalue weighted by Gasteiger charge is 2.23. The van der Waals surface area contributed by atoms with E-state index < -0.39 is 21.7 Å². The van der Waals surface area contributed by atoms with Crippen LogP contribution >= 0.6 is 15.9 Å². The number of anilines is 1. The van der Waals surface area contributed by atoms with E-state index in [0.717, 1.165) is 12.1 Å². The van der Waals surface area contributed by atoms with Crippen LogP contribution in [0.3, 0.4) is 0 Å². The molecule has 1 aromatic heterocycles. The molecular weight excluding hydrogens is 382 g/mol. The fourth-order valence-corrected chi connectivity index (χ4v) is 3.29. The van der Waals surface area contributed by atoms with Crippen molar-refractivity contribution in [2.45, 2.75) is 11.8 Å². The first-order valence-electron chi connectivity index (χ1n) is 6.09. The highest BCUT2D eigenvalue weighted by molar-refractivity contribution is 9.10. The number of hydrogen-bond acceptors (Lipinski definition) is 4. The number of nitrogens with one attached hydrogen (secondary N) is 1. The maximum atomic E-state index is 13.6. The molecule has 1 aromatic carbocycles. The summed E-state index contributed by atoms with van der Waals surface area (Å²) in [6, 6.07) is 3.81. The molecule has 0 aliphatic rings. The second-order valence-corrected chi connectivity index (χ2v) is 6.69. The van der Waals surface area contributed by atoms with Crippen molar-refractivity contribution in [2.75, 3.05) is 11.3 Å². The summed E-state index contributed by atoms with van der Waals surface area (Å²) in [5.41, 5.74) is -0.371. The average Bonchev–Trinajstić information content (AvgIpc) is 2.44. The molecule has 0 saturated heterocycles. The molecule has 0 aliphatic carbocycles. The van der Waals surface area contributed by atoms with E-state index in [2.05, 4.69) is 20.9 Å². The summed E-state index contributed by atoms with van der Waals surface area (Å²) in [5, 5.41) is 0. The molecule has 118 valence electrons. The van der Waals surface area contributed by atoms with Gasteiger partial charge in [-0.25, -0.2) is 22.2 Å². The van der Waals surface area contributed by atoms with Crippen LogP contribution in [-0.2, 0) is 10.0 Å². The van der Waals surface area contributed by atoms with Gasteiger partial charge in [-0.15, -0.1) is 0 Å². The van der Waals surface area contributed by atoms with E-state index in [9.17, 15) is 17.2 Å². The predicted molar refractivity (Wildman–Crippen MR) is 80.3 cm³/mol. The third-order valence-electron chi connectivity index (χ3n) is 2.53. The van der Waals surface area contributed by atoms with Gasteiger partial charge in [0.1, 0.15) is 11.6 Å². The Morgan fingerprint density at radius 2 is 2.05 bits per heavy atom. The number of nitrogens with zero attached hydrogens (tertiary/aromatic N) is 1. The maximum Gasteiger partial charge on any atom is 0.267 e. The van der Waals surface area contributed by atoms with Crippen molar-refractivity contribution in [1.82, 2.24) is 4.98 Å². The lowest BCUT2D eigenvalue weighted by molar-refractivity contribution is 0.317. The van der Waals surface area contributed by atoms with Crippen molar-refractivity contribution in [3.63, 3.8) is 0 Å². The number of benzene rings is 1. The van der Waals surface area contributed by atoms with E-state index in [1.165, 1.54) is 12.3 Å². The van der Waals surface area contributed by atoms with Crippen molar-refractivity contribution < 1.29 is 21.9 Å². The smallest absolute Gasteiger partial charge is 0.267 e. The van der Waals surface area contributed by atoms with Crippen LogP contribution in [-0.4, -0.2) is 20.0 Å². The quantitative estimate of drug-likeness (QED) is 0.847. The zero-order valence-corrected chi connectivity index (χ0v) is 13.7. The van der Waals surface area contributed by atoms with E-state index in [1.54, 1.807) is 6.92 Å². The largest absolute Gasteiger partial charge is 0.477 e. The van der Waals surface area contributed by atoms with Gasteiger partial charge in [0.25, 0.3) is 10.0 Å². The van der Waals surface area contributed by atoms with Gasteiger partial charge in [0.15, 0.2) is 4.90 Å². The van der Waals surface area contributed by atoms with Crippen molar-refractivity contribution >= 4 is 31.6 Å². The van der Waals surface area contributed by atoms with Crippen LogP contribution < -0.4 is 9.46 Å². The molecule has 22 heavy (non-hydrogen) atoms. The van der Waals surface area contributed by atoms with Crippen LogP contribution in [0.4, 0.5) is 14.5 Å². The molecule has 1 N–H and O–H groups in total. The Labute approximate surface area is 134 Å². The minimum atomic E-state index is -4.15. The molecule has 0 amide bonds. The van der Waals surface area contributed by atoms with Crippen LogP contribution in [0, 0.1) is 11.6 Å². The van der Waals surface area contributed by atoms with E-state index in [1.807, 2.05) is 4.72 Å². The lowest BCUT2D eigenvalue weighted by Crippen LogP contribution is -2.16. The Balaban J connectivity index is 2.44. The van der Waals surface area contributed by atoms with Gasteiger partial charge in [0.2, 0.25) is 5.88 Å². The van der Waals surface area contributed by atoms with Gasteiger partial charge < -0.3 is 4.74 Å². The third-order valence-corrected chi connectivity index (χ3v) is 4.32. The van der Waals surface area contributed by atoms with Crippen molar-refractivity contribution in [2.24, 2.45) is 0 Å². The maximum absolute atomic E-state index is 13.6. The normalized spacial score (nSPS) is 11.3. The van der Waals surface area contributed by atoms with E-state index >= 15 is 0 Å². The van der Waals surface area contributed by atoms with Crippen LogP contribution in [0.1, 0.15) is 6.92 Å². The zero-order chi connectivity index (χ0) is 16.3. The SMILES string of the molecule is CCOc1ncc(Br)cc1S(=O)(=O)Nc1ccc(F)cc1F. The topological polar surface area (TPSA) is 68.3 Å². The number of pyridine rings is 1. The van der Waals surface area contributed by atoms with Crippen molar-refractivity contribution in [3.05, 3.63) is 46.6 Å². The first kappa shape index (κ1) is 16.6. The van der Waals surface area contributed by atoms with Gasteiger partial charge in [-0.1, -0.05) is 0 Å². The molecule has 2 rings (SSSR count). The van der Waals surface area contributed by atoms with Gasteiger partial charge in [-0.2, -0.15) is 0 Å². The number of aromatic nitrogens is 1. The number of ether oxygens (including phenoxy) is 1. The Kier molecular flexibility index (Phi) is 4.97. The second kappa shape index (κ2) is 6.57. The monoisotopic (exact) mass is 392 g/mol. The first-order chi connectivity index (χ1) is 10.3. The lowest BCUT2D eigenvalue weighted by Gasteiger charge is -2.12. The predicted octanol–water partition coefficient (Wildman–Crippen LogP) is 3.32. The molecule has 5 nitrogen and oxygen atoms in total. The molecule has 0 bridgehead atoms. The molecule has 0 aliphatic heterocycles. The highest BCUT2D eigenvalue weighted by atomic mass is 79.9. The van der Waals surface area contributed by atoms with Gasteiger partial charge in [-0.3, -0.25) is 4.72 Å². The van der Waals surface area contributed by atoms with Gasteiger partial charge >= 0.3 is 0 Å². The summed E-state index contributed by atoms with van der Waals surface area (Å²) < 4.78 is 58.8. The van der Waals surface area contributed by atoms with Crippen LogP contribution in [0.5, 0.6) is 5.88 Å². The fourth-order valence-electron chi connectivity index (χ4n) is 1.62. The second-order valence-electron chi connectivity index (χ2n) is 4.12. The first-order valence-corrected chi connectivity index (χ1v) is 8.37. The van der Waals surface area contributed by atoms with E-state index in [4.69, 9.17) is 4.74 Å². The molecule has 0 fully saturated rings. The summed E-state index contributed by atoms with van der Waals surface area (Å²) in [4.78, 5) is 3.61. The highest BCUT2D eigenvalue weighted by Crippen LogP contribution is 2.27. The molecular formula is C13H11BrF2N2O3S. The molecule has 0 unspecified atom stereocenters. The van der Waals surface area contributed by atoms with Gasteiger partial charge in [0, 0.05) is 16.7 Å². The number of sulfonamides is 1.